The van der Waals surface area contributed by atoms with Crippen LogP contribution < -0.4 is 4.74 Å². The molecule has 0 aliphatic rings. The third kappa shape index (κ3) is 2.48. The van der Waals surface area contributed by atoms with Gasteiger partial charge in [0.25, 0.3) is 0 Å². The number of benzene rings is 2. The fourth-order valence-electron chi connectivity index (χ4n) is 1.91. The summed E-state index contributed by atoms with van der Waals surface area (Å²) in [5.41, 5.74) is 2.51. The summed E-state index contributed by atoms with van der Waals surface area (Å²) < 4.78 is 33.1. The molecule has 2 aromatic carbocycles. The number of nitriles is 1. The SMILES string of the molecule is Cc1ccc(C)c(Oc2c(F)cc(C#N)cc2F)c1C. The van der Waals surface area contributed by atoms with Crippen LogP contribution in [0.2, 0.25) is 0 Å². The van der Waals surface area contributed by atoms with Gasteiger partial charge in [-0.1, -0.05) is 12.1 Å². The smallest absolute Gasteiger partial charge is 0.198 e. The topological polar surface area (TPSA) is 33.0 Å². The molecule has 0 radical (unpaired) electrons. The third-order valence-electron chi connectivity index (χ3n) is 3.21. The highest BCUT2D eigenvalue weighted by Gasteiger charge is 2.16. The standard InChI is InChI=1S/C16H13F2NO/c1-9-4-5-10(2)15(11(9)3)20-16-13(17)6-12(8-19)7-14(16)18/h4-7H,1-3H3. The summed E-state index contributed by atoms with van der Waals surface area (Å²) >= 11 is 0. The second-order valence-electron chi connectivity index (χ2n) is 4.64. The van der Waals surface area contributed by atoms with Crippen molar-refractivity contribution in [1.29, 1.82) is 5.26 Å². The molecule has 0 aromatic heterocycles. The summed E-state index contributed by atoms with van der Waals surface area (Å²) in [6, 6.07) is 7.36. The molecule has 0 atom stereocenters. The summed E-state index contributed by atoms with van der Waals surface area (Å²) in [5, 5.41) is 8.67. The molecular formula is C16H13F2NO. The maximum absolute atomic E-state index is 13.8. The number of ether oxygens (including phenoxy) is 1. The van der Waals surface area contributed by atoms with Gasteiger partial charge in [-0.25, -0.2) is 8.78 Å². The van der Waals surface area contributed by atoms with Crippen LogP contribution in [0.25, 0.3) is 0 Å². The molecule has 0 fully saturated rings. The number of halogens is 2. The minimum atomic E-state index is -0.887. The van der Waals surface area contributed by atoms with E-state index in [-0.39, 0.29) is 5.56 Å². The highest BCUT2D eigenvalue weighted by Crippen LogP contribution is 2.33. The van der Waals surface area contributed by atoms with Crippen molar-refractivity contribution in [2.45, 2.75) is 20.8 Å². The molecule has 0 N–H and O–H groups in total. The lowest BCUT2D eigenvalue weighted by atomic mass is 10.1. The van der Waals surface area contributed by atoms with E-state index in [0.29, 0.717) is 5.75 Å². The van der Waals surface area contributed by atoms with Gasteiger partial charge in [-0.3, -0.25) is 0 Å². The van der Waals surface area contributed by atoms with Crippen LogP contribution in [0.4, 0.5) is 8.78 Å². The average molecular weight is 273 g/mol. The van der Waals surface area contributed by atoms with Gasteiger partial charge in [-0.05, 0) is 49.6 Å². The molecule has 0 amide bonds. The number of hydrogen-bond donors (Lipinski definition) is 0. The lowest BCUT2D eigenvalue weighted by Gasteiger charge is -2.14. The molecule has 2 aromatic rings. The molecule has 0 spiro atoms. The van der Waals surface area contributed by atoms with E-state index in [2.05, 4.69) is 0 Å². The first kappa shape index (κ1) is 14.0. The van der Waals surface area contributed by atoms with Gasteiger partial charge in [-0.2, -0.15) is 5.26 Å². The molecule has 0 unspecified atom stereocenters. The Balaban J connectivity index is 2.52. The maximum Gasteiger partial charge on any atom is 0.198 e. The van der Waals surface area contributed by atoms with Crippen molar-refractivity contribution in [3.63, 3.8) is 0 Å². The lowest BCUT2D eigenvalue weighted by molar-refractivity contribution is 0.403. The van der Waals surface area contributed by atoms with Crippen LogP contribution in [0.3, 0.4) is 0 Å². The van der Waals surface area contributed by atoms with Crippen LogP contribution in [0.15, 0.2) is 24.3 Å². The average Bonchev–Trinajstić information content (AvgIpc) is 2.41. The molecule has 102 valence electrons. The zero-order chi connectivity index (χ0) is 14.9. The predicted molar refractivity (Wildman–Crippen MR) is 71.8 cm³/mol. The van der Waals surface area contributed by atoms with Crippen LogP contribution in [0.1, 0.15) is 22.3 Å². The molecule has 4 heteroatoms. The first-order chi connectivity index (χ1) is 9.43. The molecule has 0 bridgehead atoms. The van der Waals surface area contributed by atoms with Crippen LogP contribution in [-0.4, -0.2) is 0 Å². The number of aryl methyl sites for hydroxylation is 2. The molecule has 0 heterocycles. The molecule has 0 aliphatic heterocycles. The van der Waals surface area contributed by atoms with Gasteiger partial charge >= 0.3 is 0 Å². The Hall–Kier alpha value is -2.41. The van der Waals surface area contributed by atoms with Gasteiger partial charge in [0.1, 0.15) is 5.75 Å². The summed E-state index contributed by atoms with van der Waals surface area (Å²) in [6.45, 7) is 5.53. The zero-order valence-corrected chi connectivity index (χ0v) is 11.4. The van der Waals surface area contributed by atoms with E-state index in [1.54, 1.807) is 13.0 Å². The number of hydrogen-bond acceptors (Lipinski definition) is 2. The first-order valence-corrected chi connectivity index (χ1v) is 6.08. The summed E-state index contributed by atoms with van der Waals surface area (Å²) in [4.78, 5) is 0. The zero-order valence-electron chi connectivity index (χ0n) is 11.4. The van der Waals surface area contributed by atoms with Gasteiger partial charge in [0.2, 0.25) is 0 Å². The molecule has 0 aliphatic carbocycles. The summed E-state index contributed by atoms with van der Waals surface area (Å²) in [6.07, 6.45) is 0. The minimum absolute atomic E-state index is 0.0787. The predicted octanol–water partition coefficient (Wildman–Crippen LogP) is 4.55. The van der Waals surface area contributed by atoms with Crippen molar-refractivity contribution in [3.05, 3.63) is 58.2 Å². The Bertz CT molecular complexity index is 694. The van der Waals surface area contributed by atoms with E-state index in [4.69, 9.17) is 10.00 Å². The van der Waals surface area contributed by atoms with Crippen molar-refractivity contribution >= 4 is 0 Å². The van der Waals surface area contributed by atoms with Crippen LogP contribution in [-0.2, 0) is 0 Å². The largest absolute Gasteiger partial charge is 0.451 e. The van der Waals surface area contributed by atoms with Gasteiger partial charge in [0.05, 0.1) is 11.6 Å². The van der Waals surface area contributed by atoms with Crippen molar-refractivity contribution in [1.82, 2.24) is 0 Å². The Kier molecular flexibility index (Phi) is 3.71. The van der Waals surface area contributed by atoms with Crippen LogP contribution >= 0.6 is 0 Å². The molecule has 20 heavy (non-hydrogen) atoms. The Morgan fingerprint density at radius 2 is 1.50 bits per heavy atom. The van der Waals surface area contributed by atoms with E-state index in [9.17, 15) is 8.78 Å². The van der Waals surface area contributed by atoms with Crippen LogP contribution in [0, 0.1) is 43.7 Å². The number of rotatable bonds is 2. The molecule has 2 rings (SSSR count). The molecule has 0 saturated carbocycles. The molecule has 2 nitrogen and oxygen atoms in total. The second-order valence-corrected chi connectivity index (χ2v) is 4.64. The van der Waals surface area contributed by atoms with Crippen molar-refractivity contribution in [3.8, 4) is 17.6 Å². The highest BCUT2D eigenvalue weighted by atomic mass is 19.1. The minimum Gasteiger partial charge on any atom is -0.451 e. The van der Waals surface area contributed by atoms with Gasteiger partial charge < -0.3 is 4.74 Å². The second kappa shape index (κ2) is 5.30. The maximum atomic E-state index is 13.8. The lowest BCUT2D eigenvalue weighted by Crippen LogP contribution is -1.98. The fourth-order valence-corrected chi connectivity index (χ4v) is 1.91. The van der Waals surface area contributed by atoms with Gasteiger partial charge in [-0.15, -0.1) is 0 Å². The van der Waals surface area contributed by atoms with E-state index in [0.717, 1.165) is 28.8 Å². The van der Waals surface area contributed by atoms with Gasteiger partial charge in [0.15, 0.2) is 17.4 Å². The Labute approximate surface area is 116 Å². The Morgan fingerprint density at radius 3 is 2.05 bits per heavy atom. The van der Waals surface area contributed by atoms with E-state index in [1.165, 1.54) is 0 Å². The molecular weight excluding hydrogens is 260 g/mol. The molecule has 0 saturated heterocycles. The van der Waals surface area contributed by atoms with Crippen LogP contribution in [0.5, 0.6) is 11.5 Å². The highest BCUT2D eigenvalue weighted by molar-refractivity contribution is 5.48. The summed E-state index contributed by atoms with van der Waals surface area (Å²) in [7, 11) is 0. The fraction of sp³-hybridized carbons (Fsp3) is 0.188. The van der Waals surface area contributed by atoms with E-state index < -0.39 is 17.4 Å². The van der Waals surface area contributed by atoms with Crippen molar-refractivity contribution in [2.75, 3.05) is 0 Å². The van der Waals surface area contributed by atoms with Crippen molar-refractivity contribution < 1.29 is 13.5 Å². The normalized spacial score (nSPS) is 10.2. The third-order valence-corrected chi connectivity index (χ3v) is 3.21. The number of nitrogens with zero attached hydrogens (tertiary/aromatic N) is 1. The quantitative estimate of drug-likeness (QED) is 0.804. The van der Waals surface area contributed by atoms with Crippen molar-refractivity contribution in [2.24, 2.45) is 0 Å². The Morgan fingerprint density at radius 1 is 0.950 bits per heavy atom. The summed E-state index contributed by atoms with van der Waals surface area (Å²) in [5.74, 6) is -1.82. The monoisotopic (exact) mass is 273 g/mol. The van der Waals surface area contributed by atoms with E-state index in [1.807, 2.05) is 26.0 Å². The first-order valence-electron chi connectivity index (χ1n) is 6.08. The van der Waals surface area contributed by atoms with E-state index >= 15 is 0 Å². The van der Waals surface area contributed by atoms with Gasteiger partial charge in [0, 0.05) is 0 Å².